The van der Waals surface area contributed by atoms with Crippen molar-refractivity contribution in [2.45, 2.75) is 25.5 Å². The first-order valence-electron chi connectivity index (χ1n) is 7.44. The van der Waals surface area contributed by atoms with Crippen LogP contribution < -0.4 is 4.74 Å². The molecule has 2 heterocycles. The van der Waals surface area contributed by atoms with Crippen molar-refractivity contribution in [3.05, 3.63) is 29.3 Å². The van der Waals surface area contributed by atoms with Gasteiger partial charge in [-0.1, -0.05) is 0 Å². The first-order valence-corrected chi connectivity index (χ1v) is 7.44. The topological polar surface area (TPSA) is 42.0 Å². The minimum absolute atomic E-state index is 0.106. The van der Waals surface area contributed by atoms with Crippen LogP contribution in [0.1, 0.15) is 28.8 Å². The zero-order valence-electron chi connectivity index (χ0n) is 12.7. The molecule has 2 aliphatic rings. The van der Waals surface area contributed by atoms with Crippen molar-refractivity contribution in [1.29, 1.82) is 0 Å². The molecule has 2 aliphatic heterocycles. The number of benzene rings is 1. The van der Waals surface area contributed by atoms with Crippen molar-refractivity contribution in [2.24, 2.45) is 0 Å². The molecule has 5 heteroatoms. The van der Waals surface area contributed by atoms with Gasteiger partial charge >= 0.3 is 0 Å². The molecule has 1 atom stereocenters. The molecule has 0 bridgehead atoms. The van der Waals surface area contributed by atoms with Crippen molar-refractivity contribution in [3.63, 3.8) is 0 Å². The van der Waals surface area contributed by atoms with Crippen LogP contribution >= 0.6 is 0 Å². The summed E-state index contributed by atoms with van der Waals surface area (Å²) in [7, 11) is 4.15. The zero-order chi connectivity index (χ0) is 14.8. The summed E-state index contributed by atoms with van der Waals surface area (Å²) in [5, 5.41) is 0. The van der Waals surface area contributed by atoms with Gasteiger partial charge in [0.1, 0.15) is 5.75 Å². The minimum Gasteiger partial charge on any atom is -0.467 e. The number of carbonyl (C=O) groups excluding carboxylic acids is 1. The maximum absolute atomic E-state index is 12.7. The van der Waals surface area contributed by atoms with E-state index in [1.165, 1.54) is 0 Å². The van der Waals surface area contributed by atoms with Crippen LogP contribution in [0.15, 0.2) is 18.2 Å². The number of piperidine rings is 1. The van der Waals surface area contributed by atoms with Crippen LogP contribution in [0.3, 0.4) is 0 Å². The van der Waals surface area contributed by atoms with Crippen molar-refractivity contribution >= 4 is 5.91 Å². The van der Waals surface area contributed by atoms with E-state index in [2.05, 4.69) is 19.0 Å². The van der Waals surface area contributed by atoms with E-state index < -0.39 is 0 Å². The molecule has 0 aliphatic carbocycles. The highest BCUT2D eigenvalue weighted by Crippen LogP contribution is 2.25. The number of rotatable bonds is 2. The second-order valence-corrected chi connectivity index (χ2v) is 5.94. The summed E-state index contributed by atoms with van der Waals surface area (Å²) in [6.45, 7) is 2.44. The van der Waals surface area contributed by atoms with E-state index in [4.69, 9.17) is 9.47 Å². The highest BCUT2D eigenvalue weighted by Gasteiger charge is 2.26. The van der Waals surface area contributed by atoms with Gasteiger partial charge in [-0.3, -0.25) is 4.79 Å². The number of ether oxygens (including phenoxy) is 2. The molecule has 0 N–H and O–H groups in total. The van der Waals surface area contributed by atoms with Gasteiger partial charge in [0.05, 0.1) is 6.61 Å². The monoisotopic (exact) mass is 290 g/mol. The lowest BCUT2D eigenvalue weighted by atomic mass is 10.0. The highest BCUT2D eigenvalue weighted by atomic mass is 16.7. The number of amides is 1. The van der Waals surface area contributed by atoms with E-state index >= 15 is 0 Å². The third-order valence-corrected chi connectivity index (χ3v) is 4.28. The van der Waals surface area contributed by atoms with E-state index in [9.17, 15) is 4.79 Å². The SMILES string of the molecule is CN(C)[C@H]1CCCN(C(=O)c2ccc3c(c2)COCO3)C1. The highest BCUT2D eigenvalue weighted by molar-refractivity contribution is 5.94. The van der Waals surface area contributed by atoms with Crippen LogP contribution in [0.25, 0.3) is 0 Å². The number of hydrogen-bond donors (Lipinski definition) is 0. The smallest absolute Gasteiger partial charge is 0.253 e. The molecule has 0 aromatic heterocycles. The predicted molar refractivity (Wildman–Crippen MR) is 79.3 cm³/mol. The second-order valence-electron chi connectivity index (χ2n) is 5.94. The van der Waals surface area contributed by atoms with Gasteiger partial charge in [-0.15, -0.1) is 0 Å². The van der Waals surface area contributed by atoms with Crippen molar-refractivity contribution < 1.29 is 14.3 Å². The Morgan fingerprint density at radius 1 is 1.38 bits per heavy atom. The molecule has 0 spiro atoms. The van der Waals surface area contributed by atoms with Gasteiger partial charge in [-0.05, 0) is 45.1 Å². The van der Waals surface area contributed by atoms with Crippen LogP contribution in [0.2, 0.25) is 0 Å². The zero-order valence-corrected chi connectivity index (χ0v) is 12.7. The Morgan fingerprint density at radius 3 is 3.05 bits per heavy atom. The Bertz CT molecular complexity index is 530. The van der Waals surface area contributed by atoms with E-state index in [1.807, 2.05) is 23.1 Å². The fourth-order valence-electron chi connectivity index (χ4n) is 2.97. The number of fused-ring (bicyclic) bond motifs is 1. The van der Waals surface area contributed by atoms with Gasteiger partial charge in [-0.2, -0.15) is 0 Å². The Morgan fingerprint density at radius 2 is 2.24 bits per heavy atom. The lowest BCUT2D eigenvalue weighted by molar-refractivity contribution is -0.0164. The first kappa shape index (κ1) is 14.4. The molecule has 114 valence electrons. The van der Waals surface area contributed by atoms with E-state index in [-0.39, 0.29) is 12.7 Å². The normalized spacial score (nSPS) is 21.9. The number of likely N-dealkylation sites (N-methyl/N-ethyl adjacent to an activating group) is 1. The lowest BCUT2D eigenvalue weighted by Crippen LogP contribution is -2.47. The Hall–Kier alpha value is -1.59. The minimum atomic E-state index is 0.106. The van der Waals surface area contributed by atoms with Crippen LogP contribution in [0.4, 0.5) is 0 Å². The third kappa shape index (κ3) is 3.04. The number of carbonyl (C=O) groups is 1. The molecule has 21 heavy (non-hydrogen) atoms. The van der Waals surface area contributed by atoms with Crippen molar-refractivity contribution in [1.82, 2.24) is 9.80 Å². The lowest BCUT2D eigenvalue weighted by Gasteiger charge is -2.36. The Balaban J connectivity index is 1.75. The number of likely N-dealkylation sites (tertiary alicyclic amines) is 1. The fraction of sp³-hybridized carbons (Fsp3) is 0.562. The summed E-state index contributed by atoms with van der Waals surface area (Å²) in [6.07, 6.45) is 2.22. The Labute approximate surface area is 125 Å². The third-order valence-electron chi connectivity index (χ3n) is 4.28. The van der Waals surface area contributed by atoms with Crippen molar-refractivity contribution in [2.75, 3.05) is 34.0 Å². The van der Waals surface area contributed by atoms with Gasteiger partial charge in [0.25, 0.3) is 5.91 Å². The van der Waals surface area contributed by atoms with Crippen LogP contribution in [0.5, 0.6) is 5.75 Å². The molecule has 1 aromatic carbocycles. The van der Waals surface area contributed by atoms with Gasteiger partial charge in [0.15, 0.2) is 6.79 Å². The summed E-state index contributed by atoms with van der Waals surface area (Å²) in [5.74, 6) is 0.928. The molecule has 3 rings (SSSR count). The molecular formula is C16H22N2O3. The maximum atomic E-state index is 12.7. The molecule has 5 nitrogen and oxygen atoms in total. The first-order chi connectivity index (χ1) is 10.1. The average Bonchev–Trinajstić information content (AvgIpc) is 2.53. The molecule has 0 saturated carbocycles. The van der Waals surface area contributed by atoms with E-state index in [0.29, 0.717) is 12.6 Å². The summed E-state index contributed by atoms with van der Waals surface area (Å²) in [4.78, 5) is 16.8. The van der Waals surface area contributed by atoms with Crippen LogP contribution in [-0.2, 0) is 11.3 Å². The van der Waals surface area contributed by atoms with Crippen LogP contribution in [0, 0.1) is 0 Å². The number of nitrogens with zero attached hydrogens (tertiary/aromatic N) is 2. The summed E-state index contributed by atoms with van der Waals surface area (Å²) < 4.78 is 10.7. The van der Waals surface area contributed by atoms with Gasteiger partial charge < -0.3 is 19.3 Å². The van der Waals surface area contributed by atoms with E-state index in [1.54, 1.807) is 0 Å². The van der Waals surface area contributed by atoms with Crippen molar-refractivity contribution in [3.8, 4) is 5.75 Å². The largest absolute Gasteiger partial charge is 0.467 e. The average molecular weight is 290 g/mol. The quantitative estimate of drug-likeness (QED) is 0.832. The standard InChI is InChI=1S/C16H22N2O3/c1-17(2)14-4-3-7-18(9-14)16(19)12-5-6-15-13(8-12)10-20-11-21-15/h5-6,8,14H,3-4,7,9-11H2,1-2H3/t14-/m0/s1. The molecule has 1 saturated heterocycles. The molecular weight excluding hydrogens is 268 g/mol. The van der Waals surface area contributed by atoms with Crippen LogP contribution in [-0.4, -0.2) is 55.7 Å². The summed E-state index contributed by atoms with van der Waals surface area (Å²) >= 11 is 0. The maximum Gasteiger partial charge on any atom is 0.253 e. The van der Waals surface area contributed by atoms with Gasteiger partial charge in [-0.25, -0.2) is 0 Å². The molecule has 1 amide bonds. The number of hydrogen-bond acceptors (Lipinski definition) is 4. The second kappa shape index (κ2) is 6.03. The Kier molecular flexibility index (Phi) is 4.12. The van der Waals surface area contributed by atoms with Gasteiger partial charge in [0, 0.05) is 30.3 Å². The van der Waals surface area contributed by atoms with E-state index in [0.717, 1.165) is 42.8 Å². The fourth-order valence-corrected chi connectivity index (χ4v) is 2.97. The molecule has 0 unspecified atom stereocenters. The van der Waals surface area contributed by atoms with Gasteiger partial charge in [0.2, 0.25) is 0 Å². The molecule has 0 radical (unpaired) electrons. The molecule has 1 aromatic rings. The summed E-state index contributed by atoms with van der Waals surface area (Å²) in [6, 6.07) is 6.08. The molecule has 1 fully saturated rings. The summed E-state index contributed by atoms with van der Waals surface area (Å²) in [5.41, 5.74) is 1.68. The predicted octanol–water partition coefficient (Wildman–Crippen LogP) is 1.72.